The van der Waals surface area contributed by atoms with Gasteiger partial charge in [0, 0.05) is 8.95 Å². The molecule has 0 aliphatic rings. The maximum Gasteiger partial charge on any atom is 0.0998 e. The largest absolute Gasteiger partial charge is 0.192 e. The van der Waals surface area contributed by atoms with E-state index in [-0.39, 0.29) is 0 Å². The third-order valence-corrected chi connectivity index (χ3v) is 3.51. The first-order valence-electron chi connectivity index (χ1n) is 5.32. The highest BCUT2D eigenvalue weighted by molar-refractivity contribution is 9.10. The van der Waals surface area contributed by atoms with Gasteiger partial charge in [-0.3, -0.25) is 0 Å². The Morgan fingerprint density at radius 1 is 0.889 bits per heavy atom. The third kappa shape index (κ3) is 3.32. The summed E-state index contributed by atoms with van der Waals surface area (Å²) in [6, 6.07) is 17.8. The van der Waals surface area contributed by atoms with Crippen LogP contribution < -0.4 is 0 Å². The molecule has 18 heavy (non-hydrogen) atoms. The van der Waals surface area contributed by atoms with Gasteiger partial charge in [-0.15, -0.1) is 0 Å². The molecular weight excluding hydrogens is 354 g/mol. The molecule has 0 atom stereocenters. The zero-order valence-corrected chi connectivity index (χ0v) is 12.6. The molecule has 0 amide bonds. The van der Waals surface area contributed by atoms with Gasteiger partial charge in [-0.05, 0) is 41.5 Å². The Bertz CT molecular complexity index is 604. The van der Waals surface area contributed by atoms with Crippen molar-refractivity contribution in [3.05, 3.63) is 68.6 Å². The van der Waals surface area contributed by atoms with Crippen LogP contribution in [-0.2, 0) is 0 Å². The lowest BCUT2D eigenvalue weighted by molar-refractivity contribution is 1.52. The zero-order valence-electron chi connectivity index (χ0n) is 9.40. The number of rotatable bonds is 2. The maximum atomic E-state index is 9.23. The van der Waals surface area contributed by atoms with E-state index in [0.29, 0.717) is 5.57 Å². The summed E-state index contributed by atoms with van der Waals surface area (Å²) in [5.74, 6) is 0. The van der Waals surface area contributed by atoms with Gasteiger partial charge in [-0.2, -0.15) is 5.26 Å². The molecule has 2 aromatic rings. The highest BCUT2D eigenvalue weighted by atomic mass is 79.9. The molecule has 0 unspecified atom stereocenters. The van der Waals surface area contributed by atoms with Crippen LogP contribution in [0.2, 0.25) is 0 Å². The molecule has 3 heteroatoms. The van der Waals surface area contributed by atoms with E-state index in [0.717, 1.165) is 20.1 Å². The summed E-state index contributed by atoms with van der Waals surface area (Å²) >= 11 is 6.77. The molecule has 0 spiro atoms. The fraction of sp³-hybridized carbons (Fsp3) is 0. The van der Waals surface area contributed by atoms with Crippen molar-refractivity contribution in [1.29, 1.82) is 5.26 Å². The average Bonchev–Trinajstić information content (AvgIpc) is 2.39. The fourth-order valence-electron chi connectivity index (χ4n) is 1.54. The fourth-order valence-corrected chi connectivity index (χ4v) is 2.06. The standard InChI is InChI=1S/C15H9Br2N/c16-14-5-1-11(2-6-14)9-13(10-18)12-3-7-15(17)8-4-12/h1-9H/b13-9+. The summed E-state index contributed by atoms with van der Waals surface area (Å²) in [5, 5.41) is 9.23. The smallest absolute Gasteiger partial charge is 0.0998 e. The van der Waals surface area contributed by atoms with E-state index in [9.17, 15) is 5.26 Å². The predicted molar refractivity (Wildman–Crippen MR) is 81.8 cm³/mol. The lowest BCUT2D eigenvalue weighted by Crippen LogP contribution is -1.81. The first-order valence-corrected chi connectivity index (χ1v) is 6.91. The topological polar surface area (TPSA) is 23.8 Å². The van der Waals surface area contributed by atoms with Crippen LogP contribution in [0.25, 0.3) is 11.6 Å². The number of allylic oxidation sites excluding steroid dienone is 1. The predicted octanol–water partition coefficient (Wildman–Crippen LogP) is 5.28. The molecule has 2 aromatic carbocycles. The first kappa shape index (κ1) is 13.1. The van der Waals surface area contributed by atoms with Crippen LogP contribution in [0.4, 0.5) is 0 Å². The number of hydrogen-bond acceptors (Lipinski definition) is 1. The van der Waals surface area contributed by atoms with Crippen LogP contribution in [0.1, 0.15) is 11.1 Å². The number of hydrogen-bond donors (Lipinski definition) is 0. The molecule has 0 bridgehead atoms. The van der Waals surface area contributed by atoms with Gasteiger partial charge < -0.3 is 0 Å². The summed E-state index contributed by atoms with van der Waals surface area (Å²) < 4.78 is 2.04. The molecular formula is C15H9Br2N. The van der Waals surface area contributed by atoms with Crippen LogP contribution >= 0.6 is 31.9 Å². The highest BCUT2D eigenvalue weighted by Crippen LogP contribution is 2.21. The van der Waals surface area contributed by atoms with Crippen molar-refractivity contribution in [2.24, 2.45) is 0 Å². The Morgan fingerprint density at radius 2 is 1.39 bits per heavy atom. The van der Waals surface area contributed by atoms with E-state index in [4.69, 9.17) is 0 Å². The minimum Gasteiger partial charge on any atom is -0.192 e. The van der Waals surface area contributed by atoms with Crippen LogP contribution in [0.5, 0.6) is 0 Å². The van der Waals surface area contributed by atoms with Gasteiger partial charge in [0.25, 0.3) is 0 Å². The SMILES string of the molecule is N#C/C(=C\c1ccc(Br)cc1)c1ccc(Br)cc1. The zero-order chi connectivity index (χ0) is 13.0. The molecule has 0 radical (unpaired) electrons. The molecule has 1 nitrogen and oxygen atoms in total. The second kappa shape index (κ2) is 5.99. The molecule has 0 fully saturated rings. The van der Waals surface area contributed by atoms with Crippen LogP contribution in [0.3, 0.4) is 0 Å². The van der Waals surface area contributed by atoms with Crippen molar-refractivity contribution in [2.75, 3.05) is 0 Å². The molecule has 0 saturated carbocycles. The average molecular weight is 363 g/mol. The van der Waals surface area contributed by atoms with E-state index in [1.54, 1.807) is 0 Å². The van der Waals surface area contributed by atoms with Gasteiger partial charge in [0.15, 0.2) is 0 Å². The van der Waals surface area contributed by atoms with E-state index < -0.39 is 0 Å². The normalized spacial score (nSPS) is 11.1. The lowest BCUT2D eigenvalue weighted by atomic mass is 10.0. The summed E-state index contributed by atoms with van der Waals surface area (Å²) in [4.78, 5) is 0. The molecule has 2 rings (SSSR count). The van der Waals surface area contributed by atoms with Gasteiger partial charge in [-0.1, -0.05) is 56.1 Å². The summed E-state index contributed by atoms with van der Waals surface area (Å²) in [6.07, 6.45) is 1.88. The second-order valence-corrected chi connectivity index (χ2v) is 5.56. The van der Waals surface area contributed by atoms with E-state index in [1.807, 2.05) is 54.6 Å². The molecule has 0 heterocycles. The first-order chi connectivity index (χ1) is 8.69. The van der Waals surface area contributed by atoms with Gasteiger partial charge in [-0.25, -0.2) is 0 Å². The molecule has 0 aromatic heterocycles. The quantitative estimate of drug-likeness (QED) is 0.527. The Morgan fingerprint density at radius 3 is 1.89 bits per heavy atom. The Labute approximate surface area is 123 Å². The maximum absolute atomic E-state index is 9.23. The monoisotopic (exact) mass is 361 g/mol. The Balaban J connectivity index is 2.37. The van der Waals surface area contributed by atoms with E-state index >= 15 is 0 Å². The van der Waals surface area contributed by atoms with Crippen molar-refractivity contribution in [2.45, 2.75) is 0 Å². The third-order valence-electron chi connectivity index (χ3n) is 2.46. The van der Waals surface area contributed by atoms with Crippen molar-refractivity contribution in [3.8, 4) is 6.07 Å². The van der Waals surface area contributed by atoms with Gasteiger partial charge in [0.05, 0.1) is 11.6 Å². The van der Waals surface area contributed by atoms with Crippen LogP contribution in [0.15, 0.2) is 57.5 Å². The Kier molecular flexibility index (Phi) is 4.35. The molecule has 88 valence electrons. The van der Waals surface area contributed by atoms with E-state index in [1.165, 1.54) is 0 Å². The summed E-state index contributed by atoms with van der Waals surface area (Å²) in [7, 11) is 0. The number of nitrogens with zero attached hydrogens (tertiary/aromatic N) is 1. The van der Waals surface area contributed by atoms with Gasteiger partial charge in [0.1, 0.15) is 0 Å². The number of benzene rings is 2. The molecule has 0 saturated heterocycles. The van der Waals surface area contributed by atoms with Crippen molar-refractivity contribution in [3.63, 3.8) is 0 Å². The summed E-state index contributed by atoms with van der Waals surface area (Å²) in [5.41, 5.74) is 2.59. The minimum absolute atomic E-state index is 0.657. The molecule has 0 aliphatic heterocycles. The minimum atomic E-state index is 0.657. The van der Waals surface area contributed by atoms with Crippen LogP contribution in [-0.4, -0.2) is 0 Å². The second-order valence-electron chi connectivity index (χ2n) is 3.73. The number of nitriles is 1. The van der Waals surface area contributed by atoms with Crippen molar-refractivity contribution < 1.29 is 0 Å². The van der Waals surface area contributed by atoms with Gasteiger partial charge in [0.2, 0.25) is 0 Å². The molecule has 0 N–H and O–H groups in total. The van der Waals surface area contributed by atoms with Crippen molar-refractivity contribution in [1.82, 2.24) is 0 Å². The van der Waals surface area contributed by atoms with E-state index in [2.05, 4.69) is 37.9 Å². The van der Waals surface area contributed by atoms with Crippen molar-refractivity contribution >= 4 is 43.5 Å². The number of halogens is 2. The van der Waals surface area contributed by atoms with Crippen LogP contribution in [0, 0.1) is 11.3 Å². The van der Waals surface area contributed by atoms with Gasteiger partial charge >= 0.3 is 0 Å². The summed E-state index contributed by atoms with van der Waals surface area (Å²) in [6.45, 7) is 0. The Hall–Kier alpha value is -1.37. The molecule has 0 aliphatic carbocycles. The lowest BCUT2D eigenvalue weighted by Gasteiger charge is -2.00. The highest BCUT2D eigenvalue weighted by Gasteiger charge is 2.00.